The number of carbonyl (C=O) groups is 10. The smallest absolute Gasteiger partial charge is 0.331 e. The van der Waals surface area contributed by atoms with Crippen molar-refractivity contribution in [1.82, 2.24) is 42.5 Å². The summed E-state index contributed by atoms with van der Waals surface area (Å²) in [6.07, 6.45) is 3.56. The van der Waals surface area contributed by atoms with Crippen LogP contribution in [0.4, 0.5) is 0 Å². The highest BCUT2D eigenvalue weighted by Crippen LogP contribution is 2.17. The Morgan fingerprint density at radius 3 is 1.40 bits per heavy atom. The van der Waals surface area contributed by atoms with E-state index in [1.165, 1.54) is 26.2 Å². The Morgan fingerprint density at radius 2 is 0.944 bits per heavy atom. The van der Waals surface area contributed by atoms with Gasteiger partial charge in [0.2, 0.25) is 53.2 Å². The molecule has 412 valence electrons. The summed E-state index contributed by atoms with van der Waals surface area (Å²) < 4.78 is 5.72. The zero-order valence-corrected chi connectivity index (χ0v) is 42.2. The summed E-state index contributed by atoms with van der Waals surface area (Å²) in [5.41, 5.74) is 11.0. The van der Waals surface area contributed by atoms with Crippen molar-refractivity contribution in [1.29, 1.82) is 0 Å². The molecule has 17 N–H and O–H groups in total. The van der Waals surface area contributed by atoms with Crippen LogP contribution in [0.25, 0.3) is 0 Å². The van der Waals surface area contributed by atoms with Gasteiger partial charge in [-0.25, -0.2) is 4.79 Å². The van der Waals surface area contributed by atoms with E-state index in [4.69, 9.17) is 16.2 Å². The number of nitrogens with two attached hydrogens (primary N) is 2. The minimum absolute atomic E-state index is 0.0609. The number of primary amides is 1. The third kappa shape index (κ3) is 24.3. The molecule has 1 heterocycles. The number of hydrogen-bond acceptors (Lipinski definition) is 17. The molecule has 0 aromatic heterocycles. The minimum Gasteiger partial charge on any atom is -0.460 e. The fourth-order valence-corrected chi connectivity index (χ4v) is 7.48. The third-order valence-electron chi connectivity index (χ3n) is 11.8. The van der Waals surface area contributed by atoms with E-state index in [2.05, 4.69) is 44.1 Å². The topological polar surface area (TPSA) is 429 Å². The molecular weight excluding hydrogens is 949 g/mol. The van der Waals surface area contributed by atoms with E-state index >= 15 is 0 Å². The predicted octanol–water partition coefficient (Wildman–Crippen LogP) is -4.36. The molecule has 26 heteroatoms. The van der Waals surface area contributed by atoms with E-state index < -0.39 is 158 Å². The lowest BCUT2D eigenvalue weighted by Gasteiger charge is -2.29. The van der Waals surface area contributed by atoms with Crippen molar-refractivity contribution < 1.29 is 78.2 Å². The van der Waals surface area contributed by atoms with Crippen LogP contribution in [-0.2, 0) is 52.7 Å². The van der Waals surface area contributed by atoms with Crippen molar-refractivity contribution in [3.8, 4) is 0 Å². The van der Waals surface area contributed by atoms with Gasteiger partial charge in [-0.1, -0.05) is 71.1 Å². The maximum atomic E-state index is 13.8. The zero-order chi connectivity index (χ0) is 54.5. The van der Waals surface area contributed by atoms with E-state index in [1.54, 1.807) is 0 Å². The van der Waals surface area contributed by atoms with Gasteiger partial charge in [0.25, 0.3) is 0 Å². The summed E-state index contributed by atoms with van der Waals surface area (Å²) in [4.78, 5) is 134. The molecule has 1 fully saturated rings. The second-order valence-corrected chi connectivity index (χ2v) is 18.3. The molecule has 0 radical (unpaired) electrons. The first kappa shape index (κ1) is 64.5. The van der Waals surface area contributed by atoms with Gasteiger partial charge in [-0.2, -0.15) is 0 Å². The van der Waals surface area contributed by atoms with Gasteiger partial charge >= 0.3 is 5.97 Å². The average Bonchev–Trinajstić information content (AvgIpc) is 3.31. The molecule has 26 nitrogen and oxygen atoms in total. The summed E-state index contributed by atoms with van der Waals surface area (Å²) in [6.45, 7) is 4.52. The SMILES string of the molecule is CCCCCCCCCCCCCC1CC(=O)NC(C)C(=O)NC(CCCN)C(=O)NC(C(C)O)C(=O)NC(CO)C(=O)NC(CO)C(=O)NC(CC(N)=O)C(=O)NC(C(C)O)C(=O)NC(C(C)O)C(=O)O1. The highest BCUT2D eigenvalue weighted by atomic mass is 16.5. The molecule has 0 aromatic rings. The molecule has 0 spiro atoms. The molecule has 1 aliphatic heterocycles. The number of cyclic esters (lactones) is 1. The molecule has 1 saturated heterocycles. The van der Waals surface area contributed by atoms with Crippen LogP contribution in [-0.4, -0.2) is 177 Å². The Bertz CT molecular complexity index is 1770. The van der Waals surface area contributed by atoms with Crippen LogP contribution < -0.4 is 54.0 Å². The van der Waals surface area contributed by atoms with Gasteiger partial charge in [0.05, 0.1) is 44.4 Å². The lowest BCUT2D eigenvalue weighted by molar-refractivity contribution is -0.158. The summed E-state index contributed by atoms with van der Waals surface area (Å²) in [7, 11) is 0. The van der Waals surface area contributed by atoms with E-state index in [1.807, 2.05) is 5.32 Å². The molecular formula is C46H82N10O16. The average molecular weight is 1030 g/mol. The number of esters is 1. The van der Waals surface area contributed by atoms with Crippen LogP contribution in [0.1, 0.15) is 137 Å². The molecule has 0 aliphatic carbocycles. The fraction of sp³-hybridized carbons (Fsp3) is 0.783. The monoisotopic (exact) mass is 1030 g/mol. The molecule has 0 saturated carbocycles. The fourth-order valence-electron chi connectivity index (χ4n) is 7.48. The van der Waals surface area contributed by atoms with Crippen molar-refractivity contribution in [2.45, 2.75) is 210 Å². The van der Waals surface area contributed by atoms with Crippen molar-refractivity contribution >= 4 is 59.1 Å². The number of hydrogen-bond donors (Lipinski definition) is 15. The quantitative estimate of drug-likeness (QED) is 0.0360. The number of aliphatic hydroxyl groups excluding tert-OH is 5. The minimum atomic E-state index is -1.95. The molecule has 1 aliphatic rings. The van der Waals surface area contributed by atoms with E-state index in [-0.39, 0.29) is 25.8 Å². The maximum Gasteiger partial charge on any atom is 0.331 e. The Morgan fingerprint density at radius 1 is 0.542 bits per heavy atom. The van der Waals surface area contributed by atoms with Crippen LogP contribution >= 0.6 is 0 Å². The largest absolute Gasteiger partial charge is 0.460 e. The highest BCUT2D eigenvalue weighted by Gasteiger charge is 2.38. The number of rotatable bonds is 22. The maximum absolute atomic E-state index is 13.8. The summed E-state index contributed by atoms with van der Waals surface area (Å²) in [6, 6.07) is -14.1. The Kier molecular flexibility index (Phi) is 31.1. The number of amides is 9. The van der Waals surface area contributed by atoms with Crippen molar-refractivity contribution in [2.24, 2.45) is 11.5 Å². The molecule has 12 atom stereocenters. The Hall–Kier alpha value is -5.54. The number of nitrogens with one attached hydrogen (secondary N) is 8. The number of carbonyl (C=O) groups excluding carboxylic acids is 10. The van der Waals surface area contributed by atoms with Gasteiger partial charge in [-0.15, -0.1) is 0 Å². The first-order valence-corrected chi connectivity index (χ1v) is 24.9. The van der Waals surface area contributed by atoms with Gasteiger partial charge in [0, 0.05) is 0 Å². The number of unbranched alkanes of at least 4 members (excludes halogenated alkanes) is 10. The van der Waals surface area contributed by atoms with Crippen molar-refractivity contribution in [3.63, 3.8) is 0 Å². The predicted molar refractivity (Wildman–Crippen MR) is 258 cm³/mol. The van der Waals surface area contributed by atoms with E-state index in [0.717, 1.165) is 59.3 Å². The Balaban J connectivity index is 3.69. The first-order valence-electron chi connectivity index (χ1n) is 24.9. The van der Waals surface area contributed by atoms with Crippen LogP contribution in [0.5, 0.6) is 0 Å². The number of ether oxygens (including phenoxy) is 1. The lowest BCUT2D eigenvalue weighted by atomic mass is 10.0. The van der Waals surface area contributed by atoms with Gasteiger partial charge in [0.1, 0.15) is 48.4 Å². The van der Waals surface area contributed by atoms with Gasteiger partial charge in [0.15, 0.2) is 6.04 Å². The second-order valence-electron chi connectivity index (χ2n) is 18.3. The van der Waals surface area contributed by atoms with Crippen LogP contribution in [0.2, 0.25) is 0 Å². The van der Waals surface area contributed by atoms with Crippen LogP contribution in [0.3, 0.4) is 0 Å². The van der Waals surface area contributed by atoms with E-state index in [9.17, 15) is 73.5 Å². The molecule has 72 heavy (non-hydrogen) atoms. The van der Waals surface area contributed by atoms with Crippen molar-refractivity contribution in [3.05, 3.63) is 0 Å². The zero-order valence-electron chi connectivity index (χ0n) is 42.2. The highest BCUT2D eigenvalue weighted by molar-refractivity contribution is 5.99. The summed E-state index contributed by atoms with van der Waals surface area (Å²) in [5.74, 6) is -11.5. The number of aliphatic hydroxyl groups is 5. The molecule has 9 amide bonds. The summed E-state index contributed by atoms with van der Waals surface area (Å²) >= 11 is 0. The molecule has 0 bridgehead atoms. The van der Waals surface area contributed by atoms with E-state index in [0.29, 0.717) is 12.8 Å². The van der Waals surface area contributed by atoms with Gasteiger partial charge < -0.3 is 84.3 Å². The Labute approximate surface area is 420 Å². The molecule has 1 rings (SSSR count). The molecule has 0 aromatic carbocycles. The summed E-state index contributed by atoms with van der Waals surface area (Å²) in [5, 5.41) is 69.8. The van der Waals surface area contributed by atoms with Gasteiger partial charge in [-0.05, 0) is 59.9 Å². The van der Waals surface area contributed by atoms with Crippen LogP contribution in [0.15, 0.2) is 0 Å². The third-order valence-corrected chi connectivity index (χ3v) is 11.8. The van der Waals surface area contributed by atoms with Gasteiger partial charge in [-0.3, -0.25) is 43.2 Å². The first-order chi connectivity index (χ1) is 34.0. The molecule has 12 unspecified atom stereocenters. The van der Waals surface area contributed by atoms with Crippen LogP contribution in [0, 0.1) is 0 Å². The lowest BCUT2D eigenvalue weighted by Crippen LogP contribution is -2.63. The second kappa shape index (κ2) is 34.8. The normalized spacial score (nSPS) is 26.6. The standard InChI is InChI=1S/C46H82N10O16/c1-6-7-8-9-10-11-12-13-14-15-16-18-29-21-35(63)49-25(2)39(64)50-30(19-17-20-47)40(65)54-36(26(3)59)44(69)53-33(24-58)43(68)52-32(23-57)42(67)51-31(22-34(48)62)41(66)55-37(27(4)60)45(70)56-38(28(5)61)46(71)72-29/h25-33,36-38,57-61H,6-24,47H2,1-5H3,(H2,48,62)(H,49,63)(H,50,64)(H,51,67)(H,52,68)(H,53,69)(H,54,65)(H,55,66)(H,56,70). The van der Waals surface area contributed by atoms with Crippen molar-refractivity contribution in [2.75, 3.05) is 19.8 Å².